The lowest BCUT2D eigenvalue weighted by atomic mass is 10.1. The molecule has 1 aliphatic carbocycles. The van der Waals surface area contributed by atoms with Crippen LogP contribution in [0.4, 0.5) is 0 Å². The maximum absolute atomic E-state index is 12.4. The molecule has 0 unspecified atom stereocenters. The van der Waals surface area contributed by atoms with E-state index in [0.717, 1.165) is 19.3 Å². The van der Waals surface area contributed by atoms with Gasteiger partial charge in [0, 0.05) is 0 Å². The fourth-order valence-corrected chi connectivity index (χ4v) is 3.10. The lowest BCUT2D eigenvalue weighted by Crippen LogP contribution is -2.43. The predicted octanol–water partition coefficient (Wildman–Crippen LogP) is 2.29. The van der Waals surface area contributed by atoms with Crippen molar-refractivity contribution in [3.63, 3.8) is 0 Å². The summed E-state index contributed by atoms with van der Waals surface area (Å²) in [5.74, 6) is -0.323. The summed E-state index contributed by atoms with van der Waals surface area (Å²) in [5.41, 5.74) is 8.71. The van der Waals surface area contributed by atoms with Gasteiger partial charge in [0.25, 0.3) is 5.91 Å². The molecule has 5 heteroatoms. The van der Waals surface area contributed by atoms with Crippen molar-refractivity contribution in [3.05, 3.63) is 65.2 Å². The van der Waals surface area contributed by atoms with Gasteiger partial charge >= 0.3 is 0 Å². The molecule has 3 N–H and O–H groups in total. The number of amides is 2. The van der Waals surface area contributed by atoms with Gasteiger partial charge in [0.2, 0.25) is 5.91 Å². The van der Waals surface area contributed by atoms with Crippen LogP contribution < -0.4 is 15.8 Å². The Morgan fingerprint density at radius 3 is 2.52 bits per heavy atom. The van der Waals surface area contributed by atoms with Crippen LogP contribution >= 0.6 is 0 Å². The van der Waals surface area contributed by atoms with E-state index >= 15 is 0 Å². The molecule has 25 heavy (non-hydrogen) atoms. The van der Waals surface area contributed by atoms with Gasteiger partial charge in [0.15, 0.2) is 6.10 Å². The van der Waals surface area contributed by atoms with E-state index in [1.165, 1.54) is 11.1 Å². The van der Waals surface area contributed by atoms with E-state index in [1.807, 2.05) is 18.2 Å². The van der Waals surface area contributed by atoms with E-state index in [-0.39, 0.29) is 5.91 Å². The first kappa shape index (κ1) is 17.0. The van der Waals surface area contributed by atoms with Crippen LogP contribution in [-0.2, 0) is 22.4 Å². The minimum Gasteiger partial charge on any atom is -0.481 e. The molecule has 0 saturated heterocycles. The third-order valence-electron chi connectivity index (χ3n) is 4.46. The normalized spacial score (nSPS) is 15.1. The smallest absolute Gasteiger partial charge is 0.261 e. The van der Waals surface area contributed by atoms with E-state index in [9.17, 15) is 9.59 Å². The van der Waals surface area contributed by atoms with Gasteiger partial charge in [-0.15, -0.1) is 0 Å². The lowest BCUT2D eigenvalue weighted by molar-refractivity contribution is -0.131. The number of fused-ring (bicyclic) bond motifs is 1. The fourth-order valence-electron chi connectivity index (χ4n) is 3.10. The number of hydrogen-bond acceptors (Lipinski definition) is 3. The maximum Gasteiger partial charge on any atom is 0.261 e. The van der Waals surface area contributed by atoms with Crippen molar-refractivity contribution in [2.75, 3.05) is 0 Å². The zero-order chi connectivity index (χ0) is 17.8. The zero-order valence-electron chi connectivity index (χ0n) is 14.2. The van der Waals surface area contributed by atoms with Crippen LogP contribution in [0.5, 0.6) is 5.75 Å². The van der Waals surface area contributed by atoms with Crippen LogP contribution in [0.3, 0.4) is 0 Å². The second-order valence-corrected chi connectivity index (χ2v) is 6.30. The third kappa shape index (κ3) is 3.99. The number of aryl methyl sites for hydroxylation is 2. The molecule has 2 atom stereocenters. The summed E-state index contributed by atoms with van der Waals surface area (Å²) in [4.78, 5) is 24.1. The van der Waals surface area contributed by atoms with Crippen LogP contribution in [0.15, 0.2) is 48.5 Å². The molecule has 0 aliphatic heterocycles. The molecule has 2 aromatic carbocycles. The number of nitrogens with one attached hydrogen (secondary N) is 1. The highest BCUT2D eigenvalue weighted by Gasteiger charge is 2.24. The molecule has 0 saturated carbocycles. The van der Waals surface area contributed by atoms with Gasteiger partial charge in [-0.05, 0) is 55.0 Å². The quantitative estimate of drug-likeness (QED) is 0.848. The summed E-state index contributed by atoms with van der Waals surface area (Å²) >= 11 is 0. The largest absolute Gasteiger partial charge is 0.481 e. The number of rotatable bonds is 6. The SMILES string of the molecule is C[C@H](Oc1ccc2c(c1)CCC2)C(=O)N[C@@H](C(N)=O)c1ccccc1. The summed E-state index contributed by atoms with van der Waals surface area (Å²) in [6, 6.07) is 14.0. The number of primary amides is 1. The maximum atomic E-state index is 12.4. The molecular formula is C20H22N2O3. The van der Waals surface area contributed by atoms with Crippen LogP contribution in [0.25, 0.3) is 0 Å². The van der Waals surface area contributed by atoms with Crippen molar-refractivity contribution < 1.29 is 14.3 Å². The Balaban J connectivity index is 1.66. The van der Waals surface area contributed by atoms with Gasteiger partial charge in [-0.3, -0.25) is 9.59 Å². The van der Waals surface area contributed by atoms with Crippen LogP contribution in [0, 0.1) is 0 Å². The van der Waals surface area contributed by atoms with Crippen LogP contribution in [-0.4, -0.2) is 17.9 Å². The predicted molar refractivity (Wildman–Crippen MR) is 95.1 cm³/mol. The third-order valence-corrected chi connectivity index (χ3v) is 4.46. The second-order valence-electron chi connectivity index (χ2n) is 6.30. The Bertz CT molecular complexity index is 774. The van der Waals surface area contributed by atoms with Crippen LogP contribution in [0.2, 0.25) is 0 Å². The molecule has 2 amide bonds. The average molecular weight is 338 g/mol. The van der Waals surface area contributed by atoms with Crippen molar-refractivity contribution in [2.45, 2.75) is 38.3 Å². The standard InChI is InChI=1S/C20H22N2O3/c1-13(25-17-11-10-14-8-5-9-16(14)12-17)20(24)22-18(19(21)23)15-6-3-2-4-7-15/h2-4,6-7,10-13,18H,5,8-9H2,1H3,(H2,21,23)(H,22,24)/t13-,18+/m0/s1. The zero-order valence-corrected chi connectivity index (χ0v) is 14.2. The molecule has 0 radical (unpaired) electrons. The van der Waals surface area contributed by atoms with E-state index < -0.39 is 18.1 Å². The van der Waals surface area contributed by atoms with Crippen molar-refractivity contribution >= 4 is 11.8 Å². The van der Waals surface area contributed by atoms with Crippen molar-refractivity contribution in [2.24, 2.45) is 5.73 Å². The molecular weight excluding hydrogens is 316 g/mol. The van der Waals surface area contributed by atoms with Crippen LogP contribution in [0.1, 0.15) is 36.1 Å². The van der Waals surface area contributed by atoms with E-state index in [0.29, 0.717) is 11.3 Å². The van der Waals surface area contributed by atoms with E-state index in [2.05, 4.69) is 11.4 Å². The van der Waals surface area contributed by atoms with Gasteiger partial charge in [-0.1, -0.05) is 36.4 Å². The Hall–Kier alpha value is -2.82. The minimum atomic E-state index is -0.875. The fraction of sp³-hybridized carbons (Fsp3) is 0.300. The number of carbonyl (C=O) groups excluding carboxylic acids is 2. The molecule has 0 fully saturated rings. The van der Waals surface area contributed by atoms with E-state index in [4.69, 9.17) is 10.5 Å². The molecule has 130 valence electrons. The first-order chi connectivity index (χ1) is 12.0. The number of nitrogens with two attached hydrogens (primary N) is 1. The molecule has 3 rings (SSSR count). The molecule has 0 heterocycles. The molecule has 1 aliphatic rings. The Morgan fingerprint density at radius 1 is 1.08 bits per heavy atom. The average Bonchev–Trinajstić information content (AvgIpc) is 3.07. The van der Waals surface area contributed by atoms with Gasteiger partial charge < -0.3 is 15.8 Å². The molecule has 2 aromatic rings. The number of carbonyl (C=O) groups is 2. The molecule has 0 spiro atoms. The summed E-state index contributed by atoms with van der Waals surface area (Å²) in [6.07, 6.45) is 2.57. The van der Waals surface area contributed by atoms with E-state index in [1.54, 1.807) is 31.2 Å². The summed E-state index contributed by atoms with van der Waals surface area (Å²) in [5, 5.41) is 2.67. The summed E-state index contributed by atoms with van der Waals surface area (Å²) < 4.78 is 5.75. The Morgan fingerprint density at radius 2 is 1.80 bits per heavy atom. The Labute approximate surface area is 147 Å². The van der Waals surface area contributed by atoms with Crippen molar-refractivity contribution in [3.8, 4) is 5.75 Å². The Kier molecular flexibility index (Phi) is 5.03. The van der Waals surface area contributed by atoms with Gasteiger partial charge in [0.1, 0.15) is 11.8 Å². The highest BCUT2D eigenvalue weighted by Crippen LogP contribution is 2.26. The van der Waals surface area contributed by atoms with Crippen molar-refractivity contribution in [1.29, 1.82) is 0 Å². The first-order valence-electron chi connectivity index (χ1n) is 8.47. The highest BCUT2D eigenvalue weighted by molar-refractivity contribution is 5.89. The lowest BCUT2D eigenvalue weighted by Gasteiger charge is -2.20. The summed E-state index contributed by atoms with van der Waals surface area (Å²) in [7, 11) is 0. The highest BCUT2D eigenvalue weighted by atomic mass is 16.5. The number of ether oxygens (including phenoxy) is 1. The summed E-state index contributed by atoms with van der Waals surface area (Å²) in [6.45, 7) is 1.66. The number of hydrogen-bond donors (Lipinski definition) is 2. The first-order valence-corrected chi connectivity index (χ1v) is 8.47. The van der Waals surface area contributed by atoms with Gasteiger partial charge in [0.05, 0.1) is 0 Å². The molecule has 5 nitrogen and oxygen atoms in total. The minimum absolute atomic E-state index is 0.381. The van der Waals surface area contributed by atoms with Crippen molar-refractivity contribution in [1.82, 2.24) is 5.32 Å². The van der Waals surface area contributed by atoms with Gasteiger partial charge in [-0.2, -0.15) is 0 Å². The van der Waals surface area contributed by atoms with Gasteiger partial charge in [-0.25, -0.2) is 0 Å². The molecule has 0 bridgehead atoms. The number of benzene rings is 2. The topological polar surface area (TPSA) is 81.4 Å². The second kappa shape index (κ2) is 7.38. The molecule has 0 aromatic heterocycles. The monoisotopic (exact) mass is 338 g/mol.